The van der Waals surface area contributed by atoms with Gasteiger partial charge in [-0.15, -0.1) is 11.3 Å². The van der Waals surface area contributed by atoms with Gasteiger partial charge < -0.3 is 14.7 Å². The van der Waals surface area contributed by atoms with Crippen LogP contribution in [0.4, 0.5) is 5.69 Å². The van der Waals surface area contributed by atoms with Crippen molar-refractivity contribution < 1.29 is 24.2 Å². The molecule has 2 amide bonds. The zero-order chi connectivity index (χ0) is 28.3. The molecule has 1 atom stereocenters. The number of aryl methyl sites for hydroxylation is 1. The van der Waals surface area contributed by atoms with E-state index in [9.17, 15) is 19.5 Å². The molecule has 0 spiro atoms. The minimum atomic E-state index is -1.01. The fourth-order valence-corrected chi connectivity index (χ4v) is 5.51. The molecule has 1 aliphatic heterocycles. The van der Waals surface area contributed by atoms with Crippen molar-refractivity contribution in [3.63, 3.8) is 0 Å². The first-order valence-corrected chi connectivity index (χ1v) is 13.6. The van der Waals surface area contributed by atoms with E-state index in [-0.39, 0.29) is 35.3 Å². The average Bonchev–Trinajstić information content (AvgIpc) is 3.47. The van der Waals surface area contributed by atoms with Crippen molar-refractivity contribution in [2.45, 2.75) is 33.2 Å². The Labute approximate surface area is 232 Å². The lowest BCUT2D eigenvalue weighted by Gasteiger charge is -2.29. The number of aliphatic hydroxyl groups is 1. The summed E-state index contributed by atoms with van der Waals surface area (Å²) in [6.07, 6.45) is 1.64. The van der Waals surface area contributed by atoms with Crippen LogP contribution < -0.4 is 4.90 Å². The molecule has 1 N–H and O–H groups in total. The highest BCUT2D eigenvalue weighted by Gasteiger charge is 2.46. The van der Waals surface area contributed by atoms with Gasteiger partial charge in [-0.25, -0.2) is 0 Å². The van der Waals surface area contributed by atoms with Gasteiger partial charge in [-0.05, 0) is 48.7 Å². The lowest BCUT2D eigenvalue weighted by atomic mass is 9.91. The van der Waals surface area contributed by atoms with Gasteiger partial charge in [0, 0.05) is 54.3 Å². The molecule has 0 aliphatic carbocycles. The Morgan fingerprint density at radius 3 is 2.49 bits per heavy atom. The summed E-state index contributed by atoms with van der Waals surface area (Å²) in [4.78, 5) is 49.9. The van der Waals surface area contributed by atoms with E-state index in [1.54, 1.807) is 49.8 Å². The van der Waals surface area contributed by atoms with Crippen molar-refractivity contribution in [2.75, 3.05) is 32.2 Å². The summed E-state index contributed by atoms with van der Waals surface area (Å²) in [5.41, 5.74) is 1.94. The van der Waals surface area contributed by atoms with Crippen LogP contribution in [0.25, 0.3) is 10.4 Å². The number of rotatable bonds is 10. The maximum absolute atomic E-state index is 13.5. The van der Waals surface area contributed by atoms with E-state index in [1.807, 2.05) is 45.0 Å². The number of hydrogen-bond acceptors (Lipinski definition) is 7. The Kier molecular flexibility index (Phi) is 8.62. The number of amides is 2. The molecule has 1 unspecified atom stereocenters. The predicted octanol–water partition coefficient (Wildman–Crippen LogP) is 5.35. The van der Waals surface area contributed by atoms with Crippen molar-refractivity contribution in [1.29, 1.82) is 0 Å². The van der Waals surface area contributed by atoms with Crippen LogP contribution in [0.15, 0.2) is 66.1 Å². The molecule has 9 heteroatoms. The van der Waals surface area contributed by atoms with E-state index in [2.05, 4.69) is 4.98 Å². The van der Waals surface area contributed by atoms with E-state index in [0.717, 1.165) is 10.4 Å². The molecule has 1 aromatic carbocycles. The SMILES string of the molecule is COCCN(C)C(=O)c1ncccc1C1C(C(=O)CC(C)C)=C(O)C(=O)N1c1ccc(-c2ccc(C)s2)cc1. The van der Waals surface area contributed by atoms with Gasteiger partial charge in [-0.1, -0.05) is 32.0 Å². The first kappa shape index (κ1) is 28.2. The molecule has 2 aromatic heterocycles. The van der Waals surface area contributed by atoms with E-state index in [4.69, 9.17) is 4.74 Å². The second-order valence-corrected chi connectivity index (χ2v) is 11.3. The number of aromatic nitrogens is 1. The Hall–Kier alpha value is -3.82. The van der Waals surface area contributed by atoms with E-state index in [0.29, 0.717) is 24.4 Å². The normalized spacial score (nSPS) is 15.4. The molecule has 0 saturated heterocycles. The largest absolute Gasteiger partial charge is 0.503 e. The standard InChI is InChI=1S/C30H33N3O5S/c1-18(2)17-23(34)25-27(22-7-6-14-31-26(22)29(36)32(4)15-16-38-5)33(30(37)28(25)35)21-11-9-20(10-12-21)24-13-8-19(3)39-24/h6-14,18,27,35H,15-17H2,1-5H3. The molecule has 39 heavy (non-hydrogen) atoms. The lowest BCUT2D eigenvalue weighted by Crippen LogP contribution is -2.35. The number of carbonyl (C=O) groups excluding carboxylic acids is 3. The fraction of sp³-hybridized carbons (Fsp3) is 0.333. The molecule has 8 nitrogen and oxygen atoms in total. The monoisotopic (exact) mass is 547 g/mol. The number of ether oxygens (including phenoxy) is 1. The zero-order valence-electron chi connectivity index (χ0n) is 22.8. The predicted molar refractivity (Wildman–Crippen MR) is 152 cm³/mol. The number of carbonyl (C=O) groups is 3. The highest BCUT2D eigenvalue weighted by atomic mass is 32.1. The van der Waals surface area contributed by atoms with E-state index in [1.165, 1.54) is 20.9 Å². The maximum atomic E-state index is 13.5. The van der Waals surface area contributed by atoms with Crippen molar-refractivity contribution in [2.24, 2.45) is 5.92 Å². The van der Waals surface area contributed by atoms with Crippen molar-refractivity contribution in [3.05, 3.63) is 82.2 Å². The van der Waals surface area contributed by atoms with Crippen molar-refractivity contribution >= 4 is 34.6 Å². The lowest BCUT2D eigenvalue weighted by molar-refractivity contribution is -0.118. The molecule has 0 saturated carbocycles. The van der Waals surface area contributed by atoms with Gasteiger partial charge in [0.2, 0.25) is 0 Å². The Morgan fingerprint density at radius 1 is 1.15 bits per heavy atom. The molecule has 1 aliphatic rings. The summed E-state index contributed by atoms with van der Waals surface area (Å²) in [6, 6.07) is 13.8. The van der Waals surface area contributed by atoms with Crippen LogP contribution in [-0.4, -0.2) is 59.9 Å². The van der Waals surface area contributed by atoms with Crippen LogP contribution >= 0.6 is 11.3 Å². The molecule has 204 valence electrons. The summed E-state index contributed by atoms with van der Waals surface area (Å²) in [6.45, 7) is 6.51. The van der Waals surface area contributed by atoms with Crippen LogP contribution in [0.3, 0.4) is 0 Å². The first-order valence-electron chi connectivity index (χ1n) is 12.8. The second-order valence-electron chi connectivity index (χ2n) is 9.98. The second kappa shape index (κ2) is 11.9. The van der Waals surface area contributed by atoms with Crippen LogP contribution in [0, 0.1) is 12.8 Å². The van der Waals surface area contributed by atoms with Gasteiger partial charge in [0.1, 0.15) is 5.69 Å². The number of aliphatic hydroxyl groups excluding tert-OH is 1. The van der Waals surface area contributed by atoms with Gasteiger partial charge in [-0.3, -0.25) is 24.3 Å². The van der Waals surface area contributed by atoms with Gasteiger partial charge >= 0.3 is 0 Å². The molecule has 0 radical (unpaired) electrons. The quantitative estimate of drug-likeness (QED) is 0.367. The number of ketones is 1. The third kappa shape index (κ3) is 5.79. The van der Waals surface area contributed by atoms with Crippen LogP contribution in [0.5, 0.6) is 0 Å². The summed E-state index contributed by atoms with van der Waals surface area (Å²) in [5.74, 6) is -2.00. The number of thiophene rings is 1. The Morgan fingerprint density at radius 2 is 1.87 bits per heavy atom. The Balaban J connectivity index is 1.82. The molecule has 0 bridgehead atoms. The number of anilines is 1. The molecule has 0 fully saturated rings. The summed E-state index contributed by atoms with van der Waals surface area (Å²) < 4.78 is 5.11. The zero-order valence-corrected chi connectivity index (χ0v) is 23.6. The van der Waals surface area contributed by atoms with Crippen molar-refractivity contribution in [3.8, 4) is 10.4 Å². The maximum Gasteiger partial charge on any atom is 0.294 e. The Bertz CT molecular complexity index is 1410. The highest BCUT2D eigenvalue weighted by Crippen LogP contribution is 2.43. The number of nitrogens with zero attached hydrogens (tertiary/aromatic N) is 3. The third-order valence-electron chi connectivity index (χ3n) is 6.59. The van der Waals surface area contributed by atoms with Gasteiger partial charge in [0.25, 0.3) is 11.8 Å². The number of likely N-dealkylation sites (N-methyl/N-ethyl adjacent to an activating group) is 1. The number of methoxy groups -OCH3 is 1. The third-order valence-corrected chi connectivity index (χ3v) is 7.64. The van der Waals surface area contributed by atoms with E-state index < -0.39 is 17.7 Å². The van der Waals surface area contributed by atoms with Gasteiger partial charge in [-0.2, -0.15) is 0 Å². The minimum Gasteiger partial charge on any atom is -0.503 e. The smallest absolute Gasteiger partial charge is 0.294 e. The topological polar surface area (TPSA) is 100 Å². The summed E-state index contributed by atoms with van der Waals surface area (Å²) >= 11 is 1.67. The minimum absolute atomic E-state index is 0.00585. The van der Waals surface area contributed by atoms with Gasteiger partial charge in [0.05, 0.1) is 18.2 Å². The molecule has 3 heterocycles. The fourth-order valence-electron chi connectivity index (χ4n) is 4.63. The molecule has 3 aromatic rings. The van der Waals surface area contributed by atoms with Crippen LogP contribution in [-0.2, 0) is 14.3 Å². The number of hydrogen-bond donors (Lipinski definition) is 1. The van der Waals surface area contributed by atoms with Crippen LogP contribution in [0.1, 0.15) is 47.2 Å². The highest BCUT2D eigenvalue weighted by molar-refractivity contribution is 7.15. The number of benzene rings is 1. The van der Waals surface area contributed by atoms with Gasteiger partial charge in [0.15, 0.2) is 11.5 Å². The molecular formula is C30H33N3O5S. The summed E-state index contributed by atoms with van der Waals surface area (Å²) in [5, 5.41) is 11.0. The first-order chi connectivity index (χ1) is 18.6. The number of pyridine rings is 1. The summed E-state index contributed by atoms with van der Waals surface area (Å²) in [7, 11) is 3.19. The van der Waals surface area contributed by atoms with Crippen molar-refractivity contribution in [1.82, 2.24) is 9.88 Å². The van der Waals surface area contributed by atoms with E-state index >= 15 is 0 Å². The molecule has 4 rings (SSSR count). The van der Waals surface area contributed by atoms with Crippen LogP contribution in [0.2, 0.25) is 0 Å². The molecular weight excluding hydrogens is 514 g/mol. The average molecular weight is 548 g/mol. The number of Topliss-reactive ketones (excluding diaryl/α,β-unsaturated/α-hetero) is 1.